The third-order valence-electron chi connectivity index (χ3n) is 4.88. The molecule has 0 spiro atoms. The number of rotatable bonds is 11. The number of aromatic nitrogens is 1. The minimum Gasteiger partial charge on any atom is -0.494 e. The Morgan fingerprint density at radius 2 is 1.76 bits per heavy atom. The molecule has 4 aromatic rings. The molecule has 7 nitrogen and oxygen atoms in total. The summed E-state index contributed by atoms with van der Waals surface area (Å²) in [7, 11) is 0. The highest BCUT2D eigenvalue weighted by molar-refractivity contribution is 6.30. The highest BCUT2D eigenvalue weighted by Crippen LogP contribution is 2.25. The minimum absolute atomic E-state index is 0.231. The first-order valence-electron chi connectivity index (χ1n) is 10.5. The molecule has 0 fully saturated rings. The summed E-state index contributed by atoms with van der Waals surface area (Å²) in [6, 6.07) is 21.1. The van der Waals surface area contributed by atoms with Crippen LogP contribution in [0.1, 0.15) is 28.8 Å². The van der Waals surface area contributed by atoms with Crippen LogP contribution in [0.3, 0.4) is 0 Å². The highest BCUT2D eigenvalue weighted by Gasteiger charge is 2.20. The fourth-order valence-electron chi connectivity index (χ4n) is 3.20. The molecule has 170 valence electrons. The number of benzene rings is 3. The summed E-state index contributed by atoms with van der Waals surface area (Å²) in [6.07, 6.45) is 0.324. The van der Waals surface area contributed by atoms with E-state index in [1.807, 2.05) is 36.4 Å². The van der Waals surface area contributed by atoms with Crippen molar-refractivity contribution in [3.63, 3.8) is 0 Å². The molecule has 0 amide bonds. The zero-order valence-electron chi connectivity index (χ0n) is 17.7. The van der Waals surface area contributed by atoms with Crippen LogP contribution in [0, 0.1) is 0 Å². The molecule has 33 heavy (non-hydrogen) atoms. The lowest BCUT2D eigenvalue weighted by Crippen LogP contribution is -2.27. The van der Waals surface area contributed by atoms with Gasteiger partial charge in [-0.15, -0.1) is 0 Å². The van der Waals surface area contributed by atoms with Gasteiger partial charge >= 0.3 is 5.97 Å². The average molecular weight is 467 g/mol. The Morgan fingerprint density at radius 3 is 2.48 bits per heavy atom. The largest absolute Gasteiger partial charge is 0.494 e. The first-order valence-corrected chi connectivity index (χ1v) is 10.9. The van der Waals surface area contributed by atoms with Gasteiger partial charge in [0.1, 0.15) is 17.0 Å². The Morgan fingerprint density at radius 1 is 1.03 bits per heavy atom. The Bertz CT molecular complexity index is 1160. The van der Waals surface area contributed by atoms with Gasteiger partial charge < -0.3 is 24.3 Å². The van der Waals surface area contributed by atoms with Gasteiger partial charge in [-0.25, -0.2) is 9.78 Å². The molecule has 3 aromatic carbocycles. The van der Waals surface area contributed by atoms with Crippen molar-refractivity contribution in [1.29, 1.82) is 0 Å². The second-order valence-electron chi connectivity index (χ2n) is 7.32. The normalized spacial score (nSPS) is 11.9. The fourth-order valence-corrected chi connectivity index (χ4v) is 3.32. The molecule has 1 heterocycles. The molecular weight excluding hydrogens is 444 g/mol. The van der Waals surface area contributed by atoms with Gasteiger partial charge in [-0.05, 0) is 73.6 Å². The molecule has 0 aliphatic carbocycles. The molecule has 0 aliphatic heterocycles. The predicted octanol–water partition coefficient (Wildman–Crippen LogP) is 5.36. The highest BCUT2D eigenvalue weighted by atomic mass is 35.5. The minimum atomic E-state index is -0.958. The number of aromatic carboxylic acids is 1. The smallest absolute Gasteiger partial charge is 0.335 e. The summed E-state index contributed by atoms with van der Waals surface area (Å²) in [5.41, 5.74) is 1.72. The first-order chi connectivity index (χ1) is 16.1. The topological polar surface area (TPSA) is 93.8 Å². The van der Waals surface area contributed by atoms with Gasteiger partial charge in [0.15, 0.2) is 11.7 Å². The van der Waals surface area contributed by atoms with Crippen molar-refractivity contribution in [3.05, 3.63) is 89.3 Å². The van der Waals surface area contributed by atoms with Crippen molar-refractivity contribution < 1.29 is 23.8 Å². The number of oxazole rings is 1. The van der Waals surface area contributed by atoms with Crippen molar-refractivity contribution in [2.45, 2.75) is 12.5 Å². The van der Waals surface area contributed by atoms with Crippen molar-refractivity contribution in [2.75, 3.05) is 19.7 Å². The number of carboxylic acid groups (broad SMARTS) is 1. The fraction of sp³-hybridized carbons (Fsp3) is 0.200. The monoisotopic (exact) mass is 466 g/mol. The van der Waals surface area contributed by atoms with E-state index in [9.17, 15) is 4.79 Å². The number of halogens is 1. The number of carboxylic acids is 1. The molecule has 0 aliphatic rings. The number of hydrogen-bond acceptors (Lipinski definition) is 6. The predicted molar refractivity (Wildman–Crippen MR) is 125 cm³/mol. The van der Waals surface area contributed by atoms with E-state index >= 15 is 0 Å². The number of nitrogens with zero attached hydrogens (tertiary/aromatic N) is 1. The number of ether oxygens (including phenoxy) is 2. The summed E-state index contributed by atoms with van der Waals surface area (Å²) < 4.78 is 17.7. The molecule has 8 heteroatoms. The van der Waals surface area contributed by atoms with Gasteiger partial charge in [0.2, 0.25) is 5.89 Å². The lowest BCUT2D eigenvalue weighted by atomic mass is 10.2. The summed E-state index contributed by atoms with van der Waals surface area (Å²) in [5.74, 6) is 0.838. The molecule has 4 rings (SSSR count). The van der Waals surface area contributed by atoms with Crippen LogP contribution in [0.25, 0.3) is 11.1 Å². The molecular formula is C25H23ClN2O5. The van der Waals surface area contributed by atoms with Crippen LogP contribution in [0.15, 0.2) is 77.2 Å². The first kappa shape index (κ1) is 22.6. The van der Waals surface area contributed by atoms with Crippen molar-refractivity contribution in [3.8, 4) is 11.5 Å². The van der Waals surface area contributed by atoms with Crippen molar-refractivity contribution in [1.82, 2.24) is 10.3 Å². The van der Waals surface area contributed by atoms with Crippen LogP contribution in [0.4, 0.5) is 0 Å². The third kappa shape index (κ3) is 6.25. The lowest BCUT2D eigenvalue weighted by Gasteiger charge is -2.17. The summed E-state index contributed by atoms with van der Waals surface area (Å²) in [6.45, 7) is 1.67. The molecule has 0 radical (unpaired) electrons. The SMILES string of the molecule is O=C(O)c1ccc(OCCCNCC(Oc2ccc(Cl)cc2)c2nc3ccccc3o2)cc1. The van der Waals surface area contributed by atoms with E-state index in [4.69, 9.17) is 30.6 Å². The van der Waals surface area contributed by atoms with Crippen LogP contribution < -0.4 is 14.8 Å². The van der Waals surface area contributed by atoms with Gasteiger partial charge in [-0.3, -0.25) is 0 Å². The molecule has 2 N–H and O–H groups in total. The van der Waals surface area contributed by atoms with E-state index in [2.05, 4.69) is 10.3 Å². The number of nitrogens with one attached hydrogen (secondary N) is 1. The van der Waals surface area contributed by atoms with E-state index in [1.165, 1.54) is 12.1 Å². The number of hydrogen-bond donors (Lipinski definition) is 2. The average Bonchev–Trinajstić information content (AvgIpc) is 3.26. The standard InChI is InChI=1S/C25H23ClN2O5/c26-18-8-12-20(13-9-18)32-23(24-28-21-4-1-2-5-22(21)33-24)16-27-14-3-15-31-19-10-6-17(7-11-19)25(29)30/h1-2,4-13,23,27H,3,14-16H2,(H,29,30). The Balaban J connectivity index is 1.31. The van der Waals surface area contributed by atoms with Gasteiger partial charge in [0.05, 0.1) is 12.2 Å². The van der Waals surface area contributed by atoms with E-state index in [0.717, 1.165) is 11.9 Å². The molecule has 1 atom stereocenters. The summed E-state index contributed by atoms with van der Waals surface area (Å²) >= 11 is 5.98. The van der Waals surface area contributed by atoms with Crippen LogP contribution in [0.5, 0.6) is 11.5 Å². The van der Waals surface area contributed by atoms with Crippen LogP contribution >= 0.6 is 11.6 Å². The maximum Gasteiger partial charge on any atom is 0.335 e. The quantitative estimate of drug-likeness (QED) is 0.287. The maximum absolute atomic E-state index is 10.9. The van der Waals surface area contributed by atoms with E-state index < -0.39 is 12.1 Å². The number of para-hydroxylation sites is 2. The van der Waals surface area contributed by atoms with Gasteiger partial charge in [-0.1, -0.05) is 23.7 Å². The van der Waals surface area contributed by atoms with Crippen LogP contribution in [0.2, 0.25) is 5.02 Å². The zero-order chi connectivity index (χ0) is 23.0. The van der Waals surface area contributed by atoms with E-state index in [1.54, 1.807) is 24.3 Å². The lowest BCUT2D eigenvalue weighted by molar-refractivity contribution is 0.0697. The Hall–Kier alpha value is -3.55. The second kappa shape index (κ2) is 10.8. The van der Waals surface area contributed by atoms with Crippen LogP contribution in [-0.4, -0.2) is 35.8 Å². The summed E-state index contributed by atoms with van der Waals surface area (Å²) in [5, 5.41) is 12.9. The van der Waals surface area contributed by atoms with Gasteiger partial charge in [0.25, 0.3) is 0 Å². The van der Waals surface area contributed by atoms with Crippen molar-refractivity contribution >= 4 is 28.7 Å². The van der Waals surface area contributed by atoms with Gasteiger partial charge in [0, 0.05) is 11.6 Å². The van der Waals surface area contributed by atoms with Crippen LogP contribution in [-0.2, 0) is 0 Å². The molecule has 1 aromatic heterocycles. The summed E-state index contributed by atoms with van der Waals surface area (Å²) in [4.78, 5) is 15.5. The van der Waals surface area contributed by atoms with E-state index in [-0.39, 0.29) is 5.56 Å². The molecule has 0 saturated heterocycles. The molecule has 0 bridgehead atoms. The molecule has 0 saturated carbocycles. The zero-order valence-corrected chi connectivity index (χ0v) is 18.5. The third-order valence-corrected chi connectivity index (χ3v) is 5.13. The van der Waals surface area contributed by atoms with E-state index in [0.29, 0.717) is 47.7 Å². The Labute approximate surface area is 195 Å². The number of carbonyl (C=O) groups is 1. The maximum atomic E-state index is 10.9. The molecule has 1 unspecified atom stereocenters. The Kier molecular flexibility index (Phi) is 7.44. The van der Waals surface area contributed by atoms with Gasteiger partial charge in [-0.2, -0.15) is 0 Å². The van der Waals surface area contributed by atoms with Crippen molar-refractivity contribution in [2.24, 2.45) is 0 Å². The second-order valence-corrected chi connectivity index (χ2v) is 7.75. The number of fused-ring (bicyclic) bond motifs is 1.